The first-order valence-electron chi connectivity index (χ1n) is 10.1. The number of hydrogen-bond donors (Lipinski definition) is 4. The summed E-state index contributed by atoms with van der Waals surface area (Å²) >= 11 is 0. The van der Waals surface area contributed by atoms with Crippen LogP contribution in [0.25, 0.3) is 0 Å². The first kappa shape index (κ1) is 34.2. The highest BCUT2D eigenvalue weighted by molar-refractivity contribution is 4.41. The molecule has 0 fully saturated rings. The molecule has 0 aromatic heterocycles. The Kier molecular flexibility index (Phi) is 46.4. The number of unbranched alkanes of at least 4 members (excludes halogenated alkanes) is 1. The highest BCUT2D eigenvalue weighted by Crippen LogP contribution is 2.02. The van der Waals surface area contributed by atoms with Crippen LogP contribution in [0.3, 0.4) is 0 Å². The topological polar surface area (TPSA) is 109 Å². The van der Waals surface area contributed by atoms with Gasteiger partial charge in [0.2, 0.25) is 0 Å². The molecule has 27 heavy (non-hydrogen) atoms. The average Bonchev–Trinajstić information content (AvgIpc) is 2.69. The maximum atomic E-state index is 8.24. The van der Waals surface area contributed by atoms with Crippen molar-refractivity contribution >= 4 is 0 Å². The molecule has 4 N–H and O–H groups in total. The van der Waals surface area contributed by atoms with Gasteiger partial charge in [-0.1, -0.05) is 47.0 Å². The lowest BCUT2D eigenvalue weighted by atomic mass is 10.1. The molecule has 0 saturated carbocycles. The van der Waals surface area contributed by atoms with E-state index in [1.54, 1.807) is 7.11 Å². The zero-order valence-electron chi connectivity index (χ0n) is 18.7. The third-order valence-electron chi connectivity index (χ3n) is 3.20. The molecule has 1 unspecified atom stereocenters. The molecule has 0 aromatic carbocycles. The molecule has 0 heterocycles. The van der Waals surface area contributed by atoms with Crippen LogP contribution < -0.4 is 0 Å². The van der Waals surface area contributed by atoms with Gasteiger partial charge in [0.1, 0.15) is 0 Å². The molecule has 0 aromatic rings. The zero-order chi connectivity index (χ0) is 21.8. The summed E-state index contributed by atoms with van der Waals surface area (Å²) < 4.78 is 14.5. The third kappa shape index (κ3) is 58.6. The molecule has 0 bridgehead atoms. The normalized spacial score (nSPS) is 10.8. The van der Waals surface area contributed by atoms with Crippen molar-refractivity contribution in [2.45, 2.75) is 66.4 Å². The fourth-order valence-corrected chi connectivity index (χ4v) is 1.01. The molecule has 0 saturated heterocycles. The van der Waals surface area contributed by atoms with Crippen LogP contribution >= 0.6 is 0 Å². The van der Waals surface area contributed by atoms with Gasteiger partial charge in [0.25, 0.3) is 0 Å². The average molecular weight is 401 g/mol. The monoisotopic (exact) mass is 400 g/mol. The van der Waals surface area contributed by atoms with E-state index < -0.39 is 6.10 Å². The Morgan fingerprint density at radius 2 is 1.19 bits per heavy atom. The van der Waals surface area contributed by atoms with Crippen LogP contribution in [0, 0.1) is 5.92 Å². The van der Waals surface area contributed by atoms with E-state index in [0.717, 1.165) is 25.4 Å². The summed E-state index contributed by atoms with van der Waals surface area (Å²) in [6, 6.07) is 0. The standard InChI is InChI=1S/C6H14O2.C6H14.C5H12O3.C3H8O2/c1-2-3-5-8-6-4-7;1-4-6(3)5-2;1-7-4-5-8-3-2-6;1-3(5)2-4/h7H,2-6H2,1H3;6H,4-5H2,1-3H3;6H,2-5H2,1H3;3-5H,2H2,1H3. The van der Waals surface area contributed by atoms with Crippen molar-refractivity contribution in [3.8, 4) is 0 Å². The summed E-state index contributed by atoms with van der Waals surface area (Å²) in [7, 11) is 1.61. The molecule has 0 amide bonds. The van der Waals surface area contributed by atoms with Crippen molar-refractivity contribution in [2.24, 2.45) is 5.92 Å². The van der Waals surface area contributed by atoms with E-state index >= 15 is 0 Å². The van der Waals surface area contributed by atoms with Gasteiger partial charge in [-0.2, -0.15) is 0 Å². The quantitative estimate of drug-likeness (QED) is 0.351. The molecule has 0 rings (SSSR count). The lowest BCUT2D eigenvalue weighted by Crippen LogP contribution is -2.05. The fourth-order valence-electron chi connectivity index (χ4n) is 1.01. The van der Waals surface area contributed by atoms with Gasteiger partial charge in [-0.15, -0.1) is 0 Å². The Labute approximate surface area is 167 Å². The second-order valence-corrected chi connectivity index (χ2v) is 5.97. The van der Waals surface area contributed by atoms with Crippen molar-refractivity contribution in [3.05, 3.63) is 0 Å². The van der Waals surface area contributed by atoms with E-state index in [2.05, 4.69) is 32.4 Å². The first-order chi connectivity index (χ1) is 12.9. The minimum atomic E-state index is -0.560. The molecule has 0 spiro atoms. The predicted molar refractivity (Wildman–Crippen MR) is 111 cm³/mol. The SMILES string of the molecule is CC(O)CO.CCC(C)CC.CCCCOCCO.COCCOCCO. The van der Waals surface area contributed by atoms with Crippen LogP contribution in [0.15, 0.2) is 0 Å². The van der Waals surface area contributed by atoms with Gasteiger partial charge in [-0.3, -0.25) is 0 Å². The molecule has 0 aliphatic carbocycles. The molecule has 170 valence electrons. The van der Waals surface area contributed by atoms with Gasteiger partial charge in [-0.25, -0.2) is 0 Å². The Morgan fingerprint density at radius 1 is 0.741 bits per heavy atom. The fraction of sp³-hybridized carbons (Fsp3) is 1.00. The van der Waals surface area contributed by atoms with Gasteiger partial charge in [0, 0.05) is 13.7 Å². The number of aliphatic hydroxyl groups excluding tert-OH is 4. The minimum absolute atomic E-state index is 0.0870. The zero-order valence-corrected chi connectivity index (χ0v) is 18.7. The van der Waals surface area contributed by atoms with Gasteiger partial charge in [0.05, 0.1) is 52.4 Å². The smallest absolute Gasteiger partial charge is 0.0742 e. The molecule has 7 heteroatoms. The van der Waals surface area contributed by atoms with Crippen LogP contribution in [0.5, 0.6) is 0 Å². The van der Waals surface area contributed by atoms with Crippen molar-refractivity contribution in [1.29, 1.82) is 0 Å². The highest BCUT2D eigenvalue weighted by Gasteiger charge is 1.88. The Hall–Kier alpha value is -0.280. The number of hydrogen-bond acceptors (Lipinski definition) is 7. The molecule has 0 aliphatic heterocycles. The number of methoxy groups -OCH3 is 1. The van der Waals surface area contributed by atoms with Gasteiger partial charge in [0.15, 0.2) is 0 Å². The predicted octanol–water partition coefficient (Wildman–Crippen LogP) is 2.24. The summed E-state index contributed by atoms with van der Waals surface area (Å²) in [5.41, 5.74) is 0. The maximum absolute atomic E-state index is 8.24. The summed E-state index contributed by atoms with van der Waals surface area (Å²) in [5.74, 6) is 0.935. The van der Waals surface area contributed by atoms with Crippen molar-refractivity contribution in [1.82, 2.24) is 0 Å². The van der Waals surface area contributed by atoms with Crippen molar-refractivity contribution in [3.63, 3.8) is 0 Å². The molecular formula is C20H48O7. The van der Waals surface area contributed by atoms with E-state index in [4.69, 9.17) is 29.9 Å². The Balaban J connectivity index is -0.000000133. The first-order valence-corrected chi connectivity index (χ1v) is 10.1. The maximum Gasteiger partial charge on any atom is 0.0742 e. The minimum Gasteiger partial charge on any atom is -0.394 e. The van der Waals surface area contributed by atoms with Gasteiger partial charge >= 0.3 is 0 Å². The lowest BCUT2D eigenvalue weighted by Gasteiger charge is -1.98. The van der Waals surface area contributed by atoms with E-state index in [1.165, 1.54) is 19.8 Å². The molecule has 7 nitrogen and oxygen atoms in total. The van der Waals surface area contributed by atoms with E-state index in [-0.39, 0.29) is 19.8 Å². The van der Waals surface area contributed by atoms with Crippen LogP contribution in [0.2, 0.25) is 0 Å². The van der Waals surface area contributed by atoms with Crippen molar-refractivity contribution in [2.75, 3.05) is 60.0 Å². The second kappa shape index (κ2) is 36.6. The lowest BCUT2D eigenvalue weighted by molar-refractivity contribution is 0.0500. The van der Waals surface area contributed by atoms with Crippen LogP contribution in [-0.2, 0) is 14.2 Å². The Bertz CT molecular complexity index is 177. The van der Waals surface area contributed by atoms with Crippen LogP contribution in [0.1, 0.15) is 60.3 Å². The summed E-state index contributed by atoms with van der Waals surface area (Å²) in [4.78, 5) is 0. The molecule has 1 atom stereocenters. The van der Waals surface area contributed by atoms with E-state index in [0.29, 0.717) is 26.4 Å². The second-order valence-electron chi connectivity index (χ2n) is 5.97. The van der Waals surface area contributed by atoms with E-state index in [1.807, 2.05) is 0 Å². The van der Waals surface area contributed by atoms with Crippen molar-refractivity contribution < 1.29 is 34.6 Å². The molecular weight excluding hydrogens is 352 g/mol. The number of ether oxygens (including phenoxy) is 3. The summed E-state index contributed by atoms with van der Waals surface area (Å²) in [6.07, 6.45) is 4.35. The molecule has 0 radical (unpaired) electrons. The van der Waals surface area contributed by atoms with Gasteiger partial charge < -0.3 is 34.6 Å². The van der Waals surface area contributed by atoms with Crippen LogP contribution in [0.4, 0.5) is 0 Å². The largest absolute Gasteiger partial charge is 0.394 e. The summed E-state index contributed by atoms with van der Waals surface area (Å²) in [5, 5.41) is 32.4. The van der Waals surface area contributed by atoms with Gasteiger partial charge in [-0.05, 0) is 19.3 Å². The Morgan fingerprint density at radius 3 is 1.44 bits per heavy atom. The summed E-state index contributed by atoms with van der Waals surface area (Å²) in [6.45, 7) is 13.3. The molecule has 0 aliphatic rings. The third-order valence-corrected chi connectivity index (χ3v) is 3.20. The number of rotatable bonds is 13. The van der Waals surface area contributed by atoms with E-state index in [9.17, 15) is 0 Å². The highest BCUT2D eigenvalue weighted by atomic mass is 16.5. The number of aliphatic hydroxyl groups is 4. The van der Waals surface area contributed by atoms with Crippen LogP contribution in [-0.4, -0.2) is 86.5 Å².